The summed E-state index contributed by atoms with van der Waals surface area (Å²) in [5.74, 6) is 0.805. The second kappa shape index (κ2) is 8.11. The van der Waals surface area contributed by atoms with Crippen LogP contribution in [0.3, 0.4) is 0 Å². The van der Waals surface area contributed by atoms with Crippen LogP contribution in [0.15, 0.2) is 30.3 Å². The smallest absolute Gasteiger partial charge is 0.0708 e. The summed E-state index contributed by atoms with van der Waals surface area (Å²) >= 11 is 0. The van der Waals surface area contributed by atoms with E-state index in [0.29, 0.717) is 6.04 Å². The van der Waals surface area contributed by atoms with E-state index < -0.39 is 0 Å². The second-order valence-electron chi connectivity index (χ2n) is 6.00. The van der Waals surface area contributed by atoms with Crippen LogP contribution in [0.2, 0.25) is 0 Å². The van der Waals surface area contributed by atoms with Crippen molar-refractivity contribution in [3.8, 4) is 0 Å². The number of benzene rings is 1. The number of hydrogen-bond acceptors (Lipinski definition) is 3. The fraction of sp³-hybridized carbons (Fsp3) is 0.471. The fourth-order valence-corrected chi connectivity index (χ4v) is 3.12. The van der Waals surface area contributed by atoms with Crippen molar-refractivity contribution in [2.24, 2.45) is 11.7 Å². The SMILES string of the molecule is Cc1cc(CN(C)C(CN)C2CC2)c2ccccc2n1.Cl.Cl. The molecule has 1 aromatic heterocycles. The normalized spacial score (nSPS) is 15.3. The molecule has 1 aliphatic carbocycles. The van der Waals surface area contributed by atoms with E-state index in [0.717, 1.165) is 30.2 Å². The lowest BCUT2D eigenvalue weighted by atomic mass is 10.1. The molecule has 0 spiro atoms. The van der Waals surface area contributed by atoms with E-state index in [1.54, 1.807) is 0 Å². The number of aromatic nitrogens is 1. The number of para-hydroxylation sites is 1. The molecule has 2 aromatic rings. The first-order chi connectivity index (χ1) is 9.69. The topological polar surface area (TPSA) is 42.1 Å². The zero-order valence-corrected chi connectivity index (χ0v) is 14.8. The molecule has 0 radical (unpaired) electrons. The van der Waals surface area contributed by atoms with E-state index in [1.165, 1.54) is 23.8 Å². The Balaban J connectivity index is 0.00000121. The average Bonchev–Trinajstić information content (AvgIpc) is 3.24. The molecule has 3 rings (SSSR count). The Morgan fingerprint density at radius 2 is 1.95 bits per heavy atom. The second-order valence-corrected chi connectivity index (χ2v) is 6.00. The minimum absolute atomic E-state index is 0. The Labute approximate surface area is 145 Å². The van der Waals surface area contributed by atoms with E-state index in [9.17, 15) is 0 Å². The average molecular weight is 342 g/mol. The molecule has 1 aromatic carbocycles. The summed E-state index contributed by atoms with van der Waals surface area (Å²) in [4.78, 5) is 7.03. The molecule has 22 heavy (non-hydrogen) atoms. The fourth-order valence-electron chi connectivity index (χ4n) is 3.12. The monoisotopic (exact) mass is 341 g/mol. The highest BCUT2D eigenvalue weighted by atomic mass is 35.5. The Morgan fingerprint density at radius 3 is 2.59 bits per heavy atom. The van der Waals surface area contributed by atoms with Gasteiger partial charge in [-0.1, -0.05) is 18.2 Å². The number of nitrogens with zero attached hydrogens (tertiary/aromatic N) is 2. The Morgan fingerprint density at radius 1 is 1.27 bits per heavy atom. The van der Waals surface area contributed by atoms with Gasteiger partial charge in [0, 0.05) is 30.2 Å². The summed E-state index contributed by atoms with van der Waals surface area (Å²) in [5.41, 5.74) is 9.49. The summed E-state index contributed by atoms with van der Waals surface area (Å²) in [6.45, 7) is 3.77. The molecule has 5 heteroatoms. The van der Waals surface area contributed by atoms with Crippen molar-refractivity contribution in [1.82, 2.24) is 9.88 Å². The Kier molecular flexibility index (Phi) is 7.07. The number of hydrogen-bond donors (Lipinski definition) is 1. The van der Waals surface area contributed by atoms with Crippen LogP contribution in [0.25, 0.3) is 10.9 Å². The van der Waals surface area contributed by atoms with Crippen LogP contribution in [0.5, 0.6) is 0 Å². The number of pyridine rings is 1. The minimum atomic E-state index is 0. The quantitative estimate of drug-likeness (QED) is 0.903. The third-order valence-electron chi connectivity index (χ3n) is 4.32. The van der Waals surface area contributed by atoms with Gasteiger partial charge in [-0.15, -0.1) is 24.8 Å². The standard InChI is InChI=1S/C17H23N3.2ClH/c1-12-9-14(15-5-3-4-6-16(15)19-12)11-20(2)17(10-18)13-7-8-13;;/h3-6,9,13,17H,7-8,10-11,18H2,1-2H3;2*1H. The molecule has 3 nitrogen and oxygen atoms in total. The van der Waals surface area contributed by atoms with Gasteiger partial charge >= 0.3 is 0 Å². The van der Waals surface area contributed by atoms with E-state index in [-0.39, 0.29) is 24.8 Å². The first-order valence-electron chi connectivity index (χ1n) is 7.44. The molecule has 0 saturated heterocycles. The predicted molar refractivity (Wildman–Crippen MR) is 98.0 cm³/mol. The summed E-state index contributed by atoms with van der Waals surface area (Å²) in [5, 5.41) is 1.26. The van der Waals surface area contributed by atoms with Gasteiger partial charge in [-0.05, 0) is 50.4 Å². The summed E-state index contributed by atoms with van der Waals surface area (Å²) in [6.07, 6.45) is 2.67. The van der Waals surface area contributed by atoms with Gasteiger partial charge in [0.05, 0.1) is 5.52 Å². The van der Waals surface area contributed by atoms with Gasteiger partial charge in [-0.3, -0.25) is 9.88 Å². The van der Waals surface area contributed by atoms with Crippen molar-refractivity contribution in [2.75, 3.05) is 13.6 Å². The van der Waals surface area contributed by atoms with Crippen LogP contribution in [0.4, 0.5) is 0 Å². The molecular weight excluding hydrogens is 317 g/mol. The van der Waals surface area contributed by atoms with Gasteiger partial charge in [0.2, 0.25) is 0 Å². The molecule has 2 N–H and O–H groups in total. The zero-order chi connectivity index (χ0) is 14.1. The highest BCUT2D eigenvalue weighted by Gasteiger charge is 2.32. The molecule has 1 heterocycles. The number of aryl methyl sites for hydroxylation is 1. The maximum atomic E-state index is 5.96. The van der Waals surface area contributed by atoms with E-state index >= 15 is 0 Å². The molecule has 0 amide bonds. The highest BCUT2D eigenvalue weighted by molar-refractivity contribution is 5.85. The van der Waals surface area contributed by atoms with Gasteiger partial charge < -0.3 is 5.73 Å². The van der Waals surface area contributed by atoms with E-state index in [1.807, 2.05) is 0 Å². The molecule has 1 fully saturated rings. The van der Waals surface area contributed by atoms with Gasteiger partial charge in [-0.25, -0.2) is 0 Å². The third kappa shape index (κ3) is 4.11. The first kappa shape index (κ1) is 19.2. The number of likely N-dealkylation sites (N-methyl/N-ethyl adjacent to an activating group) is 1. The van der Waals surface area contributed by atoms with Gasteiger partial charge in [-0.2, -0.15) is 0 Å². The largest absolute Gasteiger partial charge is 0.329 e. The van der Waals surface area contributed by atoms with Crippen molar-refractivity contribution < 1.29 is 0 Å². The van der Waals surface area contributed by atoms with E-state index in [2.05, 4.69) is 54.2 Å². The Hall–Kier alpha value is -0.870. The van der Waals surface area contributed by atoms with Gasteiger partial charge in [0.15, 0.2) is 0 Å². The number of fused-ring (bicyclic) bond motifs is 1. The lowest BCUT2D eigenvalue weighted by Crippen LogP contribution is -2.39. The molecule has 1 unspecified atom stereocenters. The number of nitrogens with two attached hydrogens (primary N) is 1. The van der Waals surface area contributed by atoms with Crippen molar-refractivity contribution in [3.05, 3.63) is 41.6 Å². The van der Waals surface area contributed by atoms with Crippen molar-refractivity contribution in [3.63, 3.8) is 0 Å². The third-order valence-corrected chi connectivity index (χ3v) is 4.32. The van der Waals surface area contributed by atoms with Crippen molar-refractivity contribution in [1.29, 1.82) is 0 Å². The Bertz CT molecular complexity index is 614. The zero-order valence-electron chi connectivity index (χ0n) is 13.2. The van der Waals surface area contributed by atoms with Gasteiger partial charge in [0.25, 0.3) is 0 Å². The molecule has 122 valence electrons. The molecular formula is C17H25Cl2N3. The maximum absolute atomic E-state index is 5.96. The van der Waals surface area contributed by atoms with Crippen LogP contribution in [-0.2, 0) is 6.54 Å². The van der Waals surface area contributed by atoms with Crippen LogP contribution >= 0.6 is 24.8 Å². The highest BCUT2D eigenvalue weighted by Crippen LogP contribution is 2.35. The predicted octanol–water partition coefficient (Wildman–Crippen LogP) is 3.56. The number of rotatable bonds is 5. The van der Waals surface area contributed by atoms with Crippen LogP contribution < -0.4 is 5.73 Å². The molecule has 1 atom stereocenters. The summed E-state index contributed by atoms with van der Waals surface area (Å²) in [6, 6.07) is 11.1. The summed E-state index contributed by atoms with van der Waals surface area (Å²) < 4.78 is 0. The lowest BCUT2D eigenvalue weighted by Gasteiger charge is -2.27. The molecule has 0 aliphatic heterocycles. The maximum Gasteiger partial charge on any atom is 0.0708 e. The molecule has 1 aliphatic rings. The van der Waals surface area contributed by atoms with Gasteiger partial charge in [0.1, 0.15) is 0 Å². The van der Waals surface area contributed by atoms with Crippen LogP contribution in [-0.4, -0.2) is 29.5 Å². The van der Waals surface area contributed by atoms with Crippen molar-refractivity contribution in [2.45, 2.75) is 32.4 Å². The minimum Gasteiger partial charge on any atom is -0.329 e. The first-order valence-corrected chi connectivity index (χ1v) is 7.44. The summed E-state index contributed by atoms with van der Waals surface area (Å²) in [7, 11) is 2.19. The molecule has 1 saturated carbocycles. The molecule has 0 bridgehead atoms. The van der Waals surface area contributed by atoms with Crippen molar-refractivity contribution >= 4 is 35.7 Å². The van der Waals surface area contributed by atoms with E-state index in [4.69, 9.17) is 5.73 Å². The number of halogens is 2. The van der Waals surface area contributed by atoms with Crippen LogP contribution in [0, 0.1) is 12.8 Å². The lowest BCUT2D eigenvalue weighted by molar-refractivity contribution is 0.216. The van der Waals surface area contributed by atoms with Crippen LogP contribution in [0.1, 0.15) is 24.1 Å².